The molecule has 5 rings (SSSR count). The largest absolute Gasteiger partial charge is 0.491 e. The number of halogens is 1. The highest BCUT2D eigenvalue weighted by atomic mass is 79.9. The number of nitrogens with one attached hydrogen (secondary N) is 1. The van der Waals surface area contributed by atoms with Gasteiger partial charge in [-0.15, -0.1) is 0 Å². The summed E-state index contributed by atoms with van der Waals surface area (Å²) in [6.45, 7) is 4.31. The highest BCUT2D eigenvalue weighted by Crippen LogP contribution is 2.34. The first-order chi connectivity index (χ1) is 21.5. The molecule has 4 aromatic rings. The standard InChI is InChI=1S/C35H35BrN2O6/c1-41-34(39)24-31(37-35(40)30-23-27(36)15-16-32(30)43-22-19-38-17-20-42-21-18-38)26-13-11-25(12-14-26)29-9-5-6-10-33(29)44-28-7-3-2-4-8-28/h2-16,23,31H,17-22,24H2,1H3,(H,37,40). The molecule has 1 fully saturated rings. The van der Waals surface area contributed by atoms with Gasteiger partial charge in [0.25, 0.3) is 5.91 Å². The van der Waals surface area contributed by atoms with Crippen molar-refractivity contribution in [3.8, 4) is 28.4 Å². The van der Waals surface area contributed by atoms with Crippen LogP contribution in [0.1, 0.15) is 28.4 Å². The minimum atomic E-state index is -0.625. The number of morpholine rings is 1. The van der Waals surface area contributed by atoms with Gasteiger partial charge in [-0.2, -0.15) is 0 Å². The molecular formula is C35H35BrN2O6. The predicted octanol–water partition coefficient (Wildman–Crippen LogP) is 6.65. The lowest BCUT2D eigenvalue weighted by Gasteiger charge is -2.26. The summed E-state index contributed by atoms with van der Waals surface area (Å²) in [5.74, 6) is 1.15. The van der Waals surface area contributed by atoms with Gasteiger partial charge in [0.05, 0.1) is 38.3 Å². The molecule has 1 atom stereocenters. The van der Waals surface area contributed by atoms with Crippen molar-refractivity contribution in [3.63, 3.8) is 0 Å². The lowest BCUT2D eigenvalue weighted by molar-refractivity contribution is -0.141. The number of rotatable bonds is 12. The Morgan fingerprint density at radius 3 is 2.39 bits per heavy atom. The summed E-state index contributed by atoms with van der Waals surface area (Å²) in [6.07, 6.45) is -0.0312. The zero-order valence-electron chi connectivity index (χ0n) is 24.5. The number of amides is 1. The molecular weight excluding hydrogens is 624 g/mol. The number of carbonyl (C=O) groups excluding carboxylic acids is 2. The molecule has 0 bridgehead atoms. The Morgan fingerprint density at radius 1 is 0.909 bits per heavy atom. The Morgan fingerprint density at radius 2 is 1.64 bits per heavy atom. The second-order valence-corrected chi connectivity index (χ2v) is 11.2. The Hall–Kier alpha value is -4.18. The summed E-state index contributed by atoms with van der Waals surface area (Å²) in [7, 11) is 1.34. The fourth-order valence-electron chi connectivity index (χ4n) is 4.96. The van der Waals surface area contributed by atoms with Crippen molar-refractivity contribution in [1.82, 2.24) is 10.2 Å². The molecule has 0 radical (unpaired) electrons. The molecule has 1 N–H and O–H groups in total. The number of nitrogens with zero attached hydrogens (tertiary/aromatic N) is 1. The van der Waals surface area contributed by atoms with E-state index in [1.807, 2.05) is 84.9 Å². The monoisotopic (exact) mass is 658 g/mol. The van der Waals surface area contributed by atoms with Gasteiger partial charge in [-0.1, -0.05) is 76.6 Å². The van der Waals surface area contributed by atoms with E-state index >= 15 is 0 Å². The molecule has 1 aliphatic heterocycles. The van der Waals surface area contributed by atoms with E-state index in [2.05, 4.69) is 26.1 Å². The molecule has 1 saturated heterocycles. The van der Waals surface area contributed by atoms with Crippen LogP contribution in [0.15, 0.2) is 102 Å². The molecule has 0 spiro atoms. The Bertz CT molecular complexity index is 1540. The SMILES string of the molecule is COC(=O)CC(NC(=O)c1cc(Br)ccc1OCCN1CCOCC1)c1ccc(-c2ccccc2Oc2ccccc2)cc1. The maximum atomic E-state index is 13.6. The average Bonchev–Trinajstić information content (AvgIpc) is 3.06. The fourth-order valence-corrected chi connectivity index (χ4v) is 5.32. The van der Waals surface area contributed by atoms with Crippen LogP contribution in [0.25, 0.3) is 11.1 Å². The van der Waals surface area contributed by atoms with Gasteiger partial charge < -0.3 is 24.3 Å². The van der Waals surface area contributed by atoms with E-state index < -0.39 is 12.0 Å². The molecule has 1 unspecified atom stereocenters. The van der Waals surface area contributed by atoms with Crippen LogP contribution in [0.2, 0.25) is 0 Å². The first kappa shape index (κ1) is 31.3. The number of ether oxygens (including phenoxy) is 4. The highest BCUT2D eigenvalue weighted by molar-refractivity contribution is 9.10. The minimum Gasteiger partial charge on any atom is -0.491 e. The highest BCUT2D eigenvalue weighted by Gasteiger charge is 2.23. The van der Waals surface area contributed by atoms with Gasteiger partial charge in [-0.25, -0.2) is 0 Å². The lowest BCUT2D eigenvalue weighted by Crippen LogP contribution is -2.38. The van der Waals surface area contributed by atoms with Gasteiger partial charge in [0.1, 0.15) is 23.9 Å². The van der Waals surface area contributed by atoms with Gasteiger partial charge in [-0.05, 0) is 47.5 Å². The zero-order chi connectivity index (χ0) is 30.7. The van der Waals surface area contributed by atoms with E-state index in [1.54, 1.807) is 12.1 Å². The van der Waals surface area contributed by atoms with Gasteiger partial charge in [0.2, 0.25) is 0 Å². The molecule has 8 nitrogen and oxygen atoms in total. The minimum absolute atomic E-state index is 0.0312. The van der Waals surface area contributed by atoms with Crippen LogP contribution in [-0.4, -0.2) is 63.3 Å². The normalized spacial score (nSPS) is 14.0. The molecule has 0 aliphatic carbocycles. The molecule has 44 heavy (non-hydrogen) atoms. The van der Waals surface area contributed by atoms with Crippen molar-refractivity contribution in [2.24, 2.45) is 0 Å². The molecule has 9 heteroatoms. The van der Waals surface area contributed by atoms with E-state index in [1.165, 1.54) is 7.11 Å². The zero-order valence-corrected chi connectivity index (χ0v) is 26.1. The molecule has 1 aliphatic rings. The van der Waals surface area contributed by atoms with Crippen LogP contribution in [0, 0.1) is 0 Å². The van der Waals surface area contributed by atoms with E-state index in [0.717, 1.165) is 52.3 Å². The van der Waals surface area contributed by atoms with Crippen LogP contribution in [0.5, 0.6) is 17.2 Å². The first-order valence-electron chi connectivity index (χ1n) is 14.5. The summed E-state index contributed by atoms with van der Waals surface area (Å²) < 4.78 is 23.3. The molecule has 4 aromatic carbocycles. The van der Waals surface area contributed by atoms with Crippen LogP contribution < -0.4 is 14.8 Å². The summed E-state index contributed by atoms with van der Waals surface area (Å²) in [6, 6.07) is 29.9. The van der Waals surface area contributed by atoms with E-state index in [0.29, 0.717) is 31.1 Å². The maximum Gasteiger partial charge on any atom is 0.307 e. The average molecular weight is 660 g/mol. The van der Waals surface area contributed by atoms with Crippen LogP contribution >= 0.6 is 15.9 Å². The maximum absolute atomic E-state index is 13.6. The number of methoxy groups -OCH3 is 1. The Kier molecular flexibility index (Phi) is 11.0. The topological polar surface area (TPSA) is 86.3 Å². The van der Waals surface area contributed by atoms with Crippen LogP contribution in [0.3, 0.4) is 0 Å². The van der Waals surface area contributed by atoms with Gasteiger partial charge in [0, 0.05) is 29.7 Å². The second kappa shape index (κ2) is 15.5. The smallest absolute Gasteiger partial charge is 0.307 e. The van der Waals surface area contributed by atoms with Crippen LogP contribution in [-0.2, 0) is 14.3 Å². The number of esters is 1. The van der Waals surface area contributed by atoms with Gasteiger partial charge >= 0.3 is 5.97 Å². The van der Waals surface area contributed by atoms with Crippen molar-refractivity contribution < 1.29 is 28.5 Å². The number of para-hydroxylation sites is 2. The van der Waals surface area contributed by atoms with Crippen molar-refractivity contribution in [2.75, 3.05) is 46.6 Å². The third-order valence-corrected chi connectivity index (χ3v) is 7.83. The quantitative estimate of drug-likeness (QED) is 0.171. The lowest BCUT2D eigenvalue weighted by atomic mass is 9.98. The second-order valence-electron chi connectivity index (χ2n) is 10.3. The van der Waals surface area contributed by atoms with Crippen molar-refractivity contribution >= 4 is 27.8 Å². The van der Waals surface area contributed by atoms with Crippen molar-refractivity contribution in [3.05, 3.63) is 113 Å². The summed E-state index contributed by atoms with van der Waals surface area (Å²) in [5.41, 5.74) is 2.99. The van der Waals surface area contributed by atoms with Crippen molar-refractivity contribution in [1.29, 1.82) is 0 Å². The van der Waals surface area contributed by atoms with E-state index in [4.69, 9.17) is 18.9 Å². The summed E-state index contributed by atoms with van der Waals surface area (Å²) in [5, 5.41) is 3.03. The first-order valence-corrected chi connectivity index (χ1v) is 15.3. The predicted molar refractivity (Wildman–Crippen MR) is 172 cm³/mol. The number of benzene rings is 4. The van der Waals surface area contributed by atoms with E-state index in [9.17, 15) is 9.59 Å². The summed E-state index contributed by atoms with van der Waals surface area (Å²) in [4.78, 5) is 28.3. The third kappa shape index (κ3) is 8.47. The summed E-state index contributed by atoms with van der Waals surface area (Å²) >= 11 is 3.47. The molecule has 0 aromatic heterocycles. The van der Waals surface area contributed by atoms with Gasteiger partial charge in [0.15, 0.2) is 0 Å². The number of carbonyl (C=O) groups is 2. The van der Waals surface area contributed by atoms with Gasteiger partial charge in [-0.3, -0.25) is 14.5 Å². The molecule has 1 heterocycles. The van der Waals surface area contributed by atoms with Crippen LogP contribution in [0.4, 0.5) is 0 Å². The molecule has 1 amide bonds. The fraction of sp³-hybridized carbons (Fsp3) is 0.257. The molecule has 228 valence electrons. The van der Waals surface area contributed by atoms with E-state index in [-0.39, 0.29) is 12.3 Å². The van der Waals surface area contributed by atoms with Crippen molar-refractivity contribution in [2.45, 2.75) is 12.5 Å². The number of hydrogen-bond donors (Lipinski definition) is 1. The third-order valence-electron chi connectivity index (χ3n) is 7.34. The number of hydrogen-bond acceptors (Lipinski definition) is 7. The Labute approximate surface area is 266 Å². The Balaban J connectivity index is 1.33. The molecule has 0 saturated carbocycles.